The van der Waals surface area contributed by atoms with Crippen LogP contribution in [0.1, 0.15) is 43.0 Å². The lowest BCUT2D eigenvalue weighted by Gasteiger charge is -2.35. The maximum absolute atomic E-state index is 4.42. The maximum atomic E-state index is 4.42. The van der Waals surface area contributed by atoms with Crippen molar-refractivity contribution in [2.24, 2.45) is 7.05 Å². The molecule has 2 unspecified atom stereocenters. The number of piperidine rings is 1. The summed E-state index contributed by atoms with van der Waals surface area (Å²) in [6, 6.07) is 10.4. The molecule has 1 saturated heterocycles. The van der Waals surface area contributed by atoms with Crippen LogP contribution in [-0.4, -0.2) is 42.8 Å². The fourth-order valence-electron chi connectivity index (χ4n) is 3.64. The van der Waals surface area contributed by atoms with Crippen molar-refractivity contribution >= 4 is 0 Å². The van der Waals surface area contributed by atoms with Crippen molar-refractivity contribution in [2.45, 2.75) is 31.7 Å². The molecule has 0 N–H and O–H groups in total. The summed E-state index contributed by atoms with van der Waals surface area (Å²) in [5, 5.41) is 13.1. The van der Waals surface area contributed by atoms with Gasteiger partial charge in [-0.2, -0.15) is 5.10 Å². The van der Waals surface area contributed by atoms with Gasteiger partial charge in [-0.15, -0.1) is 5.10 Å². The minimum absolute atomic E-state index is 0.261. The number of benzene rings is 1. The van der Waals surface area contributed by atoms with Crippen molar-refractivity contribution in [3.63, 3.8) is 0 Å². The predicted octanol–water partition coefficient (Wildman–Crippen LogP) is 2.94. The quantitative estimate of drug-likeness (QED) is 0.735. The van der Waals surface area contributed by atoms with Gasteiger partial charge < -0.3 is 0 Å². The van der Waals surface area contributed by atoms with E-state index >= 15 is 0 Å². The first-order chi connectivity index (χ1) is 12.2. The molecule has 4 rings (SSSR count). The van der Waals surface area contributed by atoms with Crippen molar-refractivity contribution in [2.75, 3.05) is 13.1 Å². The minimum Gasteiger partial charge on any atom is -0.294 e. The Kier molecular flexibility index (Phi) is 4.36. The number of hydrogen-bond donors (Lipinski definition) is 0. The zero-order valence-corrected chi connectivity index (χ0v) is 14.8. The van der Waals surface area contributed by atoms with Gasteiger partial charge in [0.2, 0.25) is 0 Å². The normalized spacial score (nSPS) is 19.8. The standard InChI is InChI=1S/C19H24N6/c1-15(19-14-25(22-21-19)18-8-4-3-5-9-18)24-10-6-7-16(13-24)17-11-20-23(2)12-17/h3-5,8-9,11-12,14-16H,6-7,10,13H2,1-2H3. The van der Waals surface area contributed by atoms with Crippen LogP contribution in [-0.2, 0) is 7.05 Å². The van der Waals surface area contributed by atoms with E-state index in [9.17, 15) is 0 Å². The Morgan fingerprint density at radius 2 is 2.00 bits per heavy atom. The van der Waals surface area contributed by atoms with Crippen LogP contribution >= 0.6 is 0 Å². The van der Waals surface area contributed by atoms with Crippen molar-refractivity contribution in [1.82, 2.24) is 29.7 Å². The average molecular weight is 336 g/mol. The number of aromatic nitrogens is 5. The zero-order valence-electron chi connectivity index (χ0n) is 14.8. The molecule has 1 aromatic carbocycles. The monoisotopic (exact) mass is 336 g/mol. The highest BCUT2D eigenvalue weighted by Crippen LogP contribution is 2.31. The molecule has 6 heteroatoms. The Bertz CT molecular complexity index is 821. The largest absolute Gasteiger partial charge is 0.294 e. The van der Waals surface area contributed by atoms with Gasteiger partial charge >= 0.3 is 0 Å². The van der Waals surface area contributed by atoms with E-state index in [1.807, 2.05) is 59.1 Å². The molecule has 0 saturated carbocycles. The molecule has 3 heterocycles. The third kappa shape index (κ3) is 3.35. The highest BCUT2D eigenvalue weighted by molar-refractivity contribution is 5.30. The van der Waals surface area contributed by atoms with Crippen molar-refractivity contribution in [1.29, 1.82) is 0 Å². The Morgan fingerprint density at radius 3 is 2.76 bits per heavy atom. The van der Waals surface area contributed by atoms with E-state index in [2.05, 4.69) is 33.4 Å². The van der Waals surface area contributed by atoms with Crippen LogP contribution in [0.15, 0.2) is 48.9 Å². The number of nitrogens with zero attached hydrogens (tertiary/aromatic N) is 6. The van der Waals surface area contributed by atoms with Crippen molar-refractivity contribution in [3.8, 4) is 5.69 Å². The smallest absolute Gasteiger partial charge is 0.1000 e. The zero-order chi connectivity index (χ0) is 17.2. The summed E-state index contributed by atoms with van der Waals surface area (Å²) in [6.07, 6.45) is 8.63. The molecule has 6 nitrogen and oxygen atoms in total. The Morgan fingerprint density at radius 1 is 1.16 bits per heavy atom. The van der Waals surface area contributed by atoms with Crippen LogP contribution in [0.5, 0.6) is 0 Å². The Balaban J connectivity index is 1.49. The molecule has 2 aromatic heterocycles. The van der Waals surface area contributed by atoms with E-state index in [1.54, 1.807) is 0 Å². The first-order valence-corrected chi connectivity index (χ1v) is 8.91. The van der Waals surface area contributed by atoms with E-state index in [4.69, 9.17) is 0 Å². The number of rotatable bonds is 4. The van der Waals surface area contributed by atoms with Gasteiger partial charge in [-0.3, -0.25) is 9.58 Å². The van der Waals surface area contributed by atoms with Crippen LogP contribution in [0.2, 0.25) is 0 Å². The molecule has 130 valence electrons. The molecule has 1 aliphatic rings. The van der Waals surface area contributed by atoms with Gasteiger partial charge in [0.15, 0.2) is 0 Å². The summed E-state index contributed by atoms with van der Waals surface area (Å²) in [6.45, 7) is 4.38. The number of para-hydroxylation sites is 1. The van der Waals surface area contributed by atoms with Crippen LogP contribution < -0.4 is 0 Å². The molecule has 1 aliphatic heterocycles. The third-order valence-electron chi connectivity index (χ3n) is 5.16. The van der Waals surface area contributed by atoms with Gasteiger partial charge in [0.1, 0.15) is 0 Å². The second-order valence-electron chi connectivity index (χ2n) is 6.88. The van der Waals surface area contributed by atoms with Crippen molar-refractivity contribution in [3.05, 3.63) is 60.2 Å². The van der Waals surface area contributed by atoms with Crippen molar-refractivity contribution < 1.29 is 0 Å². The van der Waals surface area contributed by atoms with Crippen LogP contribution in [0.25, 0.3) is 5.69 Å². The molecule has 3 aromatic rings. The van der Waals surface area contributed by atoms with Crippen LogP contribution in [0.4, 0.5) is 0 Å². The first-order valence-electron chi connectivity index (χ1n) is 8.91. The summed E-state index contributed by atoms with van der Waals surface area (Å²) >= 11 is 0. The van der Waals surface area contributed by atoms with Crippen LogP contribution in [0, 0.1) is 0 Å². The lowest BCUT2D eigenvalue weighted by atomic mass is 9.92. The maximum Gasteiger partial charge on any atom is 0.1000 e. The molecule has 0 spiro atoms. The summed E-state index contributed by atoms with van der Waals surface area (Å²) < 4.78 is 3.75. The minimum atomic E-state index is 0.261. The number of hydrogen-bond acceptors (Lipinski definition) is 4. The van der Waals surface area contributed by atoms with E-state index in [0.717, 1.165) is 24.5 Å². The summed E-state index contributed by atoms with van der Waals surface area (Å²) in [4.78, 5) is 2.51. The molecule has 25 heavy (non-hydrogen) atoms. The molecule has 0 aliphatic carbocycles. The van der Waals surface area contributed by atoms with Gasteiger partial charge in [-0.25, -0.2) is 4.68 Å². The lowest BCUT2D eigenvalue weighted by Crippen LogP contribution is -2.36. The molecular weight excluding hydrogens is 312 g/mol. The van der Waals surface area contributed by atoms with E-state index in [0.29, 0.717) is 5.92 Å². The van der Waals surface area contributed by atoms with Gasteiger partial charge in [0, 0.05) is 19.8 Å². The molecule has 0 amide bonds. The van der Waals surface area contributed by atoms with E-state index < -0.39 is 0 Å². The topological polar surface area (TPSA) is 51.8 Å². The molecule has 1 fully saturated rings. The Hall–Kier alpha value is -2.47. The number of likely N-dealkylation sites (tertiary alicyclic amines) is 1. The fourth-order valence-corrected chi connectivity index (χ4v) is 3.64. The summed E-state index contributed by atoms with van der Waals surface area (Å²) in [5.74, 6) is 0.550. The third-order valence-corrected chi connectivity index (χ3v) is 5.16. The Labute approximate surface area is 148 Å². The van der Waals surface area contributed by atoms with Gasteiger partial charge in [0.05, 0.1) is 29.8 Å². The molecule has 0 radical (unpaired) electrons. The van der Waals surface area contributed by atoms with E-state index in [1.165, 1.54) is 18.4 Å². The van der Waals surface area contributed by atoms with Gasteiger partial charge in [-0.1, -0.05) is 23.4 Å². The van der Waals surface area contributed by atoms with Gasteiger partial charge in [0.25, 0.3) is 0 Å². The van der Waals surface area contributed by atoms with Gasteiger partial charge in [-0.05, 0) is 49.9 Å². The first kappa shape index (κ1) is 16.0. The highest BCUT2D eigenvalue weighted by Gasteiger charge is 2.27. The molecular formula is C19H24N6. The predicted molar refractivity (Wildman–Crippen MR) is 96.5 cm³/mol. The molecule has 0 bridgehead atoms. The second-order valence-corrected chi connectivity index (χ2v) is 6.88. The number of aryl methyl sites for hydroxylation is 1. The van der Waals surface area contributed by atoms with E-state index in [-0.39, 0.29) is 6.04 Å². The van der Waals surface area contributed by atoms with Crippen LogP contribution in [0.3, 0.4) is 0 Å². The highest BCUT2D eigenvalue weighted by atomic mass is 15.4. The fraction of sp³-hybridized carbons (Fsp3) is 0.421. The second kappa shape index (κ2) is 6.80. The average Bonchev–Trinajstić information content (AvgIpc) is 3.31. The SMILES string of the molecule is CC(c1cn(-c2ccccc2)nn1)N1CCCC(c2cnn(C)c2)C1. The molecule has 2 atom stereocenters. The lowest BCUT2D eigenvalue weighted by molar-refractivity contribution is 0.155. The summed E-state index contributed by atoms with van der Waals surface area (Å²) in [5.41, 5.74) is 3.41. The summed E-state index contributed by atoms with van der Waals surface area (Å²) in [7, 11) is 1.98.